The minimum atomic E-state index is 0. The van der Waals surface area contributed by atoms with Gasteiger partial charge in [-0.3, -0.25) is 4.99 Å². The number of nitrogens with one attached hydrogen (secondary N) is 1. The van der Waals surface area contributed by atoms with Crippen LogP contribution in [0.25, 0.3) is 0 Å². The second-order valence-electron chi connectivity index (χ2n) is 6.16. The molecule has 1 unspecified atom stereocenters. The van der Waals surface area contributed by atoms with Gasteiger partial charge < -0.3 is 25.3 Å². The van der Waals surface area contributed by atoms with Crippen molar-refractivity contribution in [3.8, 4) is 11.5 Å². The Bertz CT molecular complexity index is 539. The molecule has 1 rings (SSSR count). The van der Waals surface area contributed by atoms with Gasteiger partial charge in [-0.05, 0) is 43.4 Å². The van der Waals surface area contributed by atoms with Crippen LogP contribution in [0.5, 0.6) is 11.5 Å². The van der Waals surface area contributed by atoms with Gasteiger partial charge in [0.25, 0.3) is 0 Å². The van der Waals surface area contributed by atoms with E-state index in [0.717, 1.165) is 36.5 Å². The van der Waals surface area contributed by atoms with E-state index < -0.39 is 0 Å². The molecule has 0 fully saturated rings. The van der Waals surface area contributed by atoms with Crippen LogP contribution in [0.15, 0.2) is 23.2 Å². The highest BCUT2D eigenvalue weighted by molar-refractivity contribution is 14.0. The molecular weight excluding hydrogens is 445 g/mol. The summed E-state index contributed by atoms with van der Waals surface area (Å²) in [6, 6.07) is 5.90. The van der Waals surface area contributed by atoms with Crippen molar-refractivity contribution < 1.29 is 14.2 Å². The minimum Gasteiger partial charge on any atom is -0.493 e. The Hall–Kier alpha value is -1.22. The van der Waals surface area contributed by atoms with Crippen molar-refractivity contribution in [1.29, 1.82) is 0 Å². The molecule has 150 valence electrons. The van der Waals surface area contributed by atoms with Gasteiger partial charge in [-0.25, -0.2) is 0 Å². The number of nitrogens with two attached hydrogens (primary N) is 1. The van der Waals surface area contributed by atoms with E-state index in [9.17, 15) is 0 Å². The van der Waals surface area contributed by atoms with Gasteiger partial charge in [0.15, 0.2) is 17.5 Å². The van der Waals surface area contributed by atoms with Crippen molar-refractivity contribution in [2.45, 2.75) is 39.7 Å². The molecular formula is C19H34IN3O3. The summed E-state index contributed by atoms with van der Waals surface area (Å²) in [7, 11) is 3.27. The highest BCUT2D eigenvalue weighted by Crippen LogP contribution is 2.27. The summed E-state index contributed by atoms with van der Waals surface area (Å²) in [5, 5.41) is 3.15. The second kappa shape index (κ2) is 13.9. The standard InChI is InChI=1S/C19H33N3O3.HI/c1-6-25-16(14(2)3)10-12-22-19(20)21-11-9-15-7-8-17(23-4)18(13-15)24-5;/h7-8,13-14,16H,6,9-12H2,1-5H3,(H3,20,21,22);1H. The average Bonchev–Trinajstić information content (AvgIpc) is 2.60. The molecule has 3 N–H and O–H groups in total. The summed E-state index contributed by atoms with van der Waals surface area (Å²) < 4.78 is 16.3. The molecule has 0 bridgehead atoms. The molecule has 0 radical (unpaired) electrons. The molecule has 0 spiro atoms. The Morgan fingerprint density at radius 3 is 2.46 bits per heavy atom. The summed E-state index contributed by atoms with van der Waals surface area (Å²) in [6.45, 7) is 8.44. The fraction of sp³-hybridized carbons (Fsp3) is 0.632. The zero-order chi connectivity index (χ0) is 18.7. The van der Waals surface area contributed by atoms with Gasteiger partial charge in [0.2, 0.25) is 0 Å². The summed E-state index contributed by atoms with van der Waals surface area (Å²) in [6.07, 6.45) is 1.93. The van der Waals surface area contributed by atoms with Crippen LogP contribution in [0.2, 0.25) is 0 Å². The van der Waals surface area contributed by atoms with E-state index in [4.69, 9.17) is 19.9 Å². The zero-order valence-electron chi connectivity index (χ0n) is 16.6. The van der Waals surface area contributed by atoms with Gasteiger partial charge in [0.05, 0.1) is 20.3 Å². The Morgan fingerprint density at radius 1 is 1.19 bits per heavy atom. The van der Waals surface area contributed by atoms with Crippen LogP contribution < -0.4 is 20.5 Å². The predicted molar refractivity (Wildman–Crippen MR) is 118 cm³/mol. The summed E-state index contributed by atoms with van der Waals surface area (Å²) in [4.78, 5) is 4.38. The first kappa shape index (κ1) is 24.8. The van der Waals surface area contributed by atoms with Gasteiger partial charge in [-0.15, -0.1) is 24.0 Å². The maximum Gasteiger partial charge on any atom is 0.188 e. The smallest absolute Gasteiger partial charge is 0.188 e. The number of guanidine groups is 1. The third-order valence-corrected chi connectivity index (χ3v) is 3.99. The van der Waals surface area contributed by atoms with E-state index in [1.807, 2.05) is 25.1 Å². The number of ether oxygens (including phenoxy) is 3. The number of halogens is 1. The number of nitrogens with zero attached hydrogens (tertiary/aromatic N) is 1. The lowest BCUT2D eigenvalue weighted by molar-refractivity contribution is 0.0266. The molecule has 0 saturated heterocycles. The van der Waals surface area contributed by atoms with Crippen molar-refractivity contribution in [3.63, 3.8) is 0 Å². The number of hydrogen-bond donors (Lipinski definition) is 2. The van der Waals surface area contributed by atoms with Crippen molar-refractivity contribution >= 4 is 29.9 Å². The quantitative estimate of drug-likeness (QED) is 0.290. The molecule has 1 atom stereocenters. The third kappa shape index (κ3) is 8.93. The van der Waals surface area contributed by atoms with E-state index in [1.54, 1.807) is 14.2 Å². The van der Waals surface area contributed by atoms with E-state index in [1.165, 1.54) is 0 Å². The molecule has 1 aromatic carbocycles. The second-order valence-corrected chi connectivity index (χ2v) is 6.16. The SMILES string of the molecule is CCOC(CCN=C(N)NCCc1ccc(OC)c(OC)c1)C(C)C.I. The van der Waals surface area contributed by atoms with Crippen LogP contribution in [0.3, 0.4) is 0 Å². The molecule has 0 saturated carbocycles. The maximum atomic E-state index is 5.93. The maximum absolute atomic E-state index is 5.93. The monoisotopic (exact) mass is 479 g/mol. The van der Waals surface area contributed by atoms with Crippen LogP contribution in [0.4, 0.5) is 0 Å². The number of methoxy groups -OCH3 is 2. The normalized spacial score (nSPS) is 12.5. The Morgan fingerprint density at radius 2 is 1.88 bits per heavy atom. The summed E-state index contributed by atoms with van der Waals surface area (Å²) in [5.74, 6) is 2.42. The molecule has 6 nitrogen and oxygen atoms in total. The topological polar surface area (TPSA) is 78.1 Å². The third-order valence-electron chi connectivity index (χ3n) is 3.99. The van der Waals surface area contributed by atoms with E-state index in [-0.39, 0.29) is 30.1 Å². The lowest BCUT2D eigenvalue weighted by Gasteiger charge is -2.19. The Labute approximate surface area is 174 Å². The molecule has 0 amide bonds. The van der Waals surface area contributed by atoms with Crippen molar-refractivity contribution in [3.05, 3.63) is 23.8 Å². The molecule has 0 aliphatic heterocycles. The first-order chi connectivity index (χ1) is 12.0. The average molecular weight is 479 g/mol. The number of aliphatic imine (C=N–C) groups is 1. The molecule has 0 heterocycles. The zero-order valence-corrected chi connectivity index (χ0v) is 18.9. The number of hydrogen-bond acceptors (Lipinski definition) is 4. The molecule has 26 heavy (non-hydrogen) atoms. The fourth-order valence-electron chi connectivity index (χ4n) is 2.56. The van der Waals surface area contributed by atoms with Gasteiger partial charge in [0, 0.05) is 19.7 Å². The Balaban J connectivity index is 0.00000625. The van der Waals surface area contributed by atoms with E-state index in [0.29, 0.717) is 25.0 Å². The molecule has 7 heteroatoms. The van der Waals surface area contributed by atoms with E-state index in [2.05, 4.69) is 24.2 Å². The van der Waals surface area contributed by atoms with Crippen LogP contribution >= 0.6 is 24.0 Å². The highest BCUT2D eigenvalue weighted by Gasteiger charge is 2.12. The van der Waals surface area contributed by atoms with Gasteiger partial charge in [0.1, 0.15) is 0 Å². The molecule has 0 aliphatic carbocycles. The van der Waals surface area contributed by atoms with Crippen molar-refractivity contribution in [2.24, 2.45) is 16.6 Å². The summed E-state index contributed by atoms with van der Waals surface area (Å²) in [5.41, 5.74) is 7.08. The molecule has 0 aromatic heterocycles. The minimum absolute atomic E-state index is 0. The van der Waals surface area contributed by atoms with Gasteiger partial charge >= 0.3 is 0 Å². The number of rotatable bonds is 11. The van der Waals surface area contributed by atoms with Crippen LogP contribution in [-0.2, 0) is 11.2 Å². The highest BCUT2D eigenvalue weighted by atomic mass is 127. The Kier molecular flexibility index (Phi) is 13.3. The van der Waals surface area contributed by atoms with Crippen molar-refractivity contribution in [2.75, 3.05) is 33.9 Å². The van der Waals surface area contributed by atoms with Gasteiger partial charge in [-0.2, -0.15) is 0 Å². The summed E-state index contributed by atoms with van der Waals surface area (Å²) >= 11 is 0. The number of benzene rings is 1. The first-order valence-electron chi connectivity index (χ1n) is 8.88. The lowest BCUT2D eigenvalue weighted by Crippen LogP contribution is -2.33. The largest absolute Gasteiger partial charge is 0.493 e. The van der Waals surface area contributed by atoms with Crippen LogP contribution in [0, 0.1) is 5.92 Å². The van der Waals surface area contributed by atoms with Crippen molar-refractivity contribution in [1.82, 2.24) is 5.32 Å². The molecule has 1 aromatic rings. The first-order valence-corrected chi connectivity index (χ1v) is 8.88. The van der Waals surface area contributed by atoms with Crippen LogP contribution in [-0.4, -0.2) is 46.0 Å². The fourth-order valence-corrected chi connectivity index (χ4v) is 2.56. The molecule has 0 aliphatic rings. The predicted octanol–water partition coefficient (Wildman–Crippen LogP) is 3.22. The lowest BCUT2D eigenvalue weighted by atomic mass is 10.0. The van der Waals surface area contributed by atoms with Gasteiger partial charge in [-0.1, -0.05) is 19.9 Å². The van der Waals surface area contributed by atoms with E-state index >= 15 is 0 Å². The van der Waals surface area contributed by atoms with Crippen LogP contribution in [0.1, 0.15) is 32.8 Å².